The van der Waals surface area contributed by atoms with Crippen molar-refractivity contribution in [1.29, 1.82) is 0 Å². The third-order valence-corrected chi connectivity index (χ3v) is 5.09. The van der Waals surface area contributed by atoms with Crippen LogP contribution in [0.3, 0.4) is 0 Å². The molecule has 19 heavy (non-hydrogen) atoms. The van der Waals surface area contributed by atoms with Gasteiger partial charge in [0.25, 0.3) is 0 Å². The van der Waals surface area contributed by atoms with Crippen LogP contribution in [0.5, 0.6) is 0 Å². The van der Waals surface area contributed by atoms with Crippen LogP contribution in [0.1, 0.15) is 36.0 Å². The average molecular weight is 255 g/mol. The lowest BCUT2D eigenvalue weighted by molar-refractivity contribution is 0.201. The number of allylic oxidation sites excluding steroid dienone is 1. The Morgan fingerprint density at radius 2 is 2.26 bits per heavy atom. The second-order valence-electron chi connectivity index (χ2n) is 6.29. The molecule has 0 N–H and O–H groups in total. The maximum atomic E-state index is 4.02. The molecule has 3 rings (SSSR count). The maximum absolute atomic E-state index is 4.02. The lowest BCUT2D eigenvalue weighted by Gasteiger charge is -2.32. The normalized spacial score (nSPS) is 27.2. The van der Waals surface area contributed by atoms with Gasteiger partial charge in [-0.05, 0) is 54.7 Å². The van der Waals surface area contributed by atoms with E-state index in [1.165, 1.54) is 44.3 Å². The van der Waals surface area contributed by atoms with Gasteiger partial charge in [-0.15, -0.1) is 6.58 Å². The molecule has 1 aromatic rings. The number of nitrogens with zero attached hydrogens (tertiary/aromatic N) is 1. The topological polar surface area (TPSA) is 3.24 Å². The van der Waals surface area contributed by atoms with E-state index in [4.69, 9.17) is 0 Å². The monoisotopic (exact) mass is 255 g/mol. The molecule has 0 aromatic heterocycles. The first-order valence-electron chi connectivity index (χ1n) is 7.70. The zero-order valence-electron chi connectivity index (χ0n) is 12.1. The van der Waals surface area contributed by atoms with Gasteiger partial charge in [0, 0.05) is 19.6 Å². The highest BCUT2D eigenvalue weighted by atomic mass is 15.1. The Morgan fingerprint density at radius 1 is 1.37 bits per heavy atom. The second-order valence-corrected chi connectivity index (χ2v) is 6.29. The molecule has 2 unspecified atom stereocenters. The van der Waals surface area contributed by atoms with Crippen LogP contribution in [-0.2, 0) is 13.0 Å². The van der Waals surface area contributed by atoms with Crippen LogP contribution in [0.25, 0.3) is 0 Å². The van der Waals surface area contributed by atoms with E-state index in [0.717, 1.165) is 18.4 Å². The molecule has 1 aromatic carbocycles. The molecule has 1 heteroatoms. The van der Waals surface area contributed by atoms with Crippen molar-refractivity contribution in [3.05, 3.63) is 47.5 Å². The summed E-state index contributed by atoms with van der Waals surface area (Å²) in [4.78, 5) is 2.66. The van der Waals surface area contributed by atoms with E-state index in [2.05, 4.69) is 42.7 Å². The Balaban J connectivity index is 1.67. The third kappa shape index (κ3) is 2.62. The van der Waals surface area contributed by atoms with E-state index in [1.807, 2.05) is 0 Å². The molecule has 2 aliphatic rings. The molecule has 1 fully saturated rings. The highest BCUT2D eigenvalue weighted by molar-refractivity contribution is 5.36. The number of hydrogen-bond donors (Lipinski definition) is 0. The summed E-state index contributed by atoms with van der Waals surface area (Å²) < 4.78 is 0. The van der Waals surface area contributed by atoms with Crippen molar-refractivity contribution in [2.45, 2.75) is 39.2 Å². The van der Waals surface area contributed by atoms with E-state index in [9.17, 15) is 0 Å². The van der Waals surface area contributed by atoms with Crippen LogP contribution < -0.4 is 0 Å². The smallest absolute Gasteiger partial charge is 0.0236 e. The highest BCUT2D eigenvalue weighted by Gasteiger charge is 2.28. The lowest BCUT2D eigenvalue weighted by atomic mass is 9.92. The number of benzene rings is 1. The van der Waals surface area contributed by atoms with E-state index in [1.54, 1.807) is 11.1 Å². The van der Waals surface area contributed by atoms with Crippen LogP contribution in [0.2, 0.25) is 0 Å². The largest absolute Gasteiger partial charge is 0.298 e. The Labute approximate surface area is 117 Å². The van der Waals surface area contributed by atoms with Crippen LogP contribution in [0.15, 0.2) is 30.9 Å². The summed E-state index contributed by atoms with van der Waals surface area (Å²) >= 11 is 0. The predicted molar refractivity (Wildman–Crippen MR) is 81.2 cm³/mol. The summed E-state index contributed by atoms with van der Waals surface area (Å²) in [5.41, 5.74) is 4.63. The minimum absolute atomic E-state index is 0.763. The van der Waals surface area contributed by atoms with Crippen molar-refractivity contribution in [3.8, 4) is 0 Å². The first kappa shape index (κ1) is 12.9. The van der Waals surface area contributed by atoms with Crippen molar-refractivity contribution in [2.75, 3.05) is 13.1 Å². The fraction of sp³-hybridized carbons (Fsp3) is 0.556. The van der Waals surface area contributed by atoms with E-state index < -0.39 is 0 Å². The second kappa shape index (κ2) is 5.50. The van der Waals surface area contributed by atoms with E-state index in [-0.39, 0.29) is 0 Å². The molecule has 0 spiro atoms. The first-order valence-corrected chi connectivity index (χ1v) is 7.70. The van der Waals surface area contributed by atoms with Gasteiger partial charge >= 0.3 is 0 Å². The van der Waals surface area contributed by atoms with E-state index >= 15 is 0 Å². The van der Waals surface area contributed by atoms with E-state index in [0.29, 0.717) is 0 Å². The Hall–Kier alpha value is -1.08. The van der Waals surface area contributed by atoms with Crippen molar-refractivity contribution >= 4 is 0 Å². The number of hydrogen-bond acceptors (Lipinski definition) is 1. The summed E-state index contributed by atoms with van der Waals surface area (Å²) in [5.74, 6) is 1.61. The van der Waals surface area contributed by atoms with Gasteiger partial charge in [0.05, 0.1) is 0 Å². The maximum Gasteiger partial charge on any atom is 0.0236 e. The molecule has 1 nitrogen and oxygen atoms in total. The molecule has 0 amide bonds. The number of fused-ring (bicyclic) bond motifs is 1. The standard InChI is InChI=1S/C18H25N/c1-3-15-7-5-8-16(15)12-19-11-10-18-14(2)6-4-9-17(18)13-19/h3-4,6,9,15-16H,1,5,7-8,10-13H2,2H3. The Morgan fingerprint density at radius 3 is 3.11 bits per heavy atom. The molecule has 2 atom stereocenters. The molecule has 1 aliphatic carbocycles. The Kier molecular flexibility index (Phi) is 3.74. The first-order chi connectivity index (χ1) is 9.28. The minimum atomic E-state index is 0.763. The summed E-state index contributed by atoms with van der Waals surface area (Å²) in [5, 5.41) is 0. The van der Waals surface area contributed by atoms with Gasteiger partial charge in [0.2, 0.25) is 0 Å². The fourth-order valence-corrected chi connectivity index (χ4v) is 3.95. The molecule has 0 bridgehead atoms. The predicted octanol–water partition coefficient (Wildman–Crippen LogP) is 3.96. The minimum Gasteiger partial charge on any atom is -0.298 e. The van der Waals surface area contributed by atoms with Crippen LogP contribution in [0.4, 0.5) is 0 Å². The summed E-state index contributed by atoms with van der Waals surface area (Å²) in [6, 6.07) is 6.77. The summed E-state index contributed by atoms with van der Waals surface area (Å²) in [6.45, 7) is 9.92. The lowest BCUT2D eigenvalue weighted by Crippen LogP contribution is -2.35. The number of rotatable bonds is 3. The third-order valence-electron chi connectivity index (χ3n) is 5.09. The molecule has 1 aliphatic heterocycles. The average Bonchev–Trinajstić information content (AvgIpc) is 2.86. The van der Waals surface area contributed by atoms with Gasteiger partial charge in [-0.1, -0.05) is 30.7 Å². The summed E-state index contributed by atoms with van der Waals surface area (Å²) in [7, 11) is 0. The molecule has 1 heterocycles. The fourth-order valence-electron chi connectivity index (χ4n) is 3.95. The summed E-state index contributed by atoms with van der Waals surface area (Å²) in [6.07, 6.45) is 7.57. The SMILES string of the molecule is C=CC1CCCC1CN1CCc2c(C)cccc2C1. The van der Waals surface area contributed by atoms with Crippen molar-refractivity contribution in [3.63, 3.8) is 0 Å². The molecule has 0 radical (unpaired) electrons. The van der Waals surface area contributed by atoms with Crippen molar-refractivity contribution in [1.82, 2.24) is 4.90 Å². The Bertz CT molecular complexity index is 463. The van der Waals surface area contributed by atoms with Gasteiger partial charge < -0.3 is 0 Å². The molecular formula is C18H25N. The zero-order chi connectivity index (χ0) is 13.2. The van der Waals surface area contributed by atoms with Crippen LogP contribution in [-0.4, -0.2) is 18.0 Å². The zero-order valence-corrected chi connectivity index (χ0v) is 12.1. The van der Waals surface area contributed by atoms with Crippen LogP contribution in [0, 0.1) is 18.8 Å². The van der Waals surface area contributed by atoms with Gasteiger partial charge in [0.15, 0.2) is 0 Å². The number of aryl methyl sites for hydroxylation is 1. The van der Waals surface area contributed by atoms with Gasteiger partial charge in [-0.2, -0.15) is 0 Å². The quantitative estimate of drug-likeness (QED) is 0.739. The molecular weight excluding hydrogens is 230 g/mol. The van der Waals surface area contributed by atoms with Gasteiger partial charge in [-0.3, -0.25) is 4.90 Å². The van der Waals surface area contributed by atoms with Crippen molar-refractivity contribution < 1.29 is 0 Å². The van der Waals surface area contributed by atoms with Crippen molar-refractivity contribution in [2.24, 2.45) is 11.8 Å². The van der Waals surface area contributed by atoms with Gasteiger partial charge in [-0.25, -0.2) is 0 Å². The van der Waals surface area contributed by atoms with Crippen LogP contribution >= 0.6 is 0 Å². The molecule has 1 saturated carbocycles. The molecule has 0 saturated heterocycles. The highest BCUT2D eigenvalue weighted by Crippen LogP contribution is 2.34. The molecule has 102 valence electrons. The van der Waals surface area contributed by atoms with Gasteiger partial charge in [0.1, 0.15) is 0 Å².